The molecule has 30 heavy (non-hydrogen) atoms. The Morgan fingerprint density at radius 2 is 1.93 bits per heavy atom. The van der Waals surface area contributed by atoms with Gasteiger partial charge in [-0.15, -0.1) is 0 Å². The summed E-state index contributed by atoms with van der Waals surface area (Å²) >= 11 is 0. The van der Waals surface area contributed by atoms with Gasteiger partial charge in [0.15, 0.2) is 15.4 Å². The standard InChI is InChI=1S/C22H29NO6S/c1-16(19-15-20(24)22(2,3)29-19)10-13-28-18-7-5-17(6-8-18)9-12-23-21(25)11-14-30(4,26)27/h5-8,11,14-16H,9-10,12-13H2,1-4H3,(H,23,25)/b14-11+/t16-/m0/s1. The van der Waals surface area contributed by atoms with Gasteiger partial charge >= 0.3 is 0 Å². The van der Waals surface area contributed by atoms with E-state index in [4.69, 9.17) is 9.47 Å². The van der Waals surface area contributed by atoms with Crippen molar-refractivity contribution >= 4 is 21.5 Å². The SMILES string of the molecule is C[C@@H](CCOc1ccc(CCNC(=O)/C=C/S(C)(=O)=O)cc1)C1=CC(=O)C(C)(C)O1. The van der Waals surface area contributed by atoms with E-state index >= 15 is 0 Å². The average Bonchev–Trinajstić information content (AvgIpc) is 2.93. The number of hydrogen-bond acceptors (Lipinski definition) is 6. The van der Waals surface area contributed by atoms with E-state index in [1.54, 1.807) is 19.9 Å². The van der Waals surface area contributed by atoms with E-state index in [0.717, 1.165) is 35.5 Å². The third-order valence-electron chi connectivity index (χ3n) is 4.65. The van der Waals surface area contributed by atoms with E-state index in [-0.39, 0.29) is 11.7 Å². The van der Waals surface area contributed by atoms with Gasteiger partial charge in [0.05, 0.1) is 6.61 Å². The summed E-state index contributed by atoms with van der Waals surface area (Å²) in [6.07, 6.45) is 4.96. The second-order valence-electron chi connectivity index (χ2n) is 7.88. The van der Waals surface area contributed by atoms with Crippen molar-refractivity contribution in [3.63, 3.8) is 0 Å². The number of ether oxygens (including phenoxy) is 2. The number of carbonyl (C=O) groups is 2. The molecule has 0 bridgehead atoms. The fourth-order valence-corrected chi connectivity index (χ4v) is 3.11. The first-order chi connectivity index (χ1) is 14.0. The molecule has 2 rings (SSSR count). The monoisotopic (exact) mass is 435 g/mol. The van der Waals surface area contributed by atoms with Crippen LogP contribution in [0.4, 0.5) is 0 Å². The predicted octanol–water partition coefficient (Wildman–Crippen LogP) is 2.57. The highest BCUT2D eigenvalue weighted by Crippen LogP contribution is 2.30. The molecule has 0 aromatic heterocycles. The van der Waals surface area contributed by atoms with Crippen molar-refractivity contribution in [2.75, 3.05) is 19.4 Å². The lowest BCUT2D eigenvalue weighted by atomic mass is 10.0. The van der Waals surface area contributed by atoms with Crippen LogP contribution in [0.5, 0.6) is 5.75 Å². The topological polar surface area (TPSA) is 98.8 Å². The number of allylic oxidation sites excluding steroid dienone is 1. The molecule has 0 spiro atoms. The van der Waals surface area contributed by atoms with Gasteiger partial charge in [-0.1, -0.05) is 19.1 Å². The smallest absolute Gasteiger partial charge is 0.244 e. The Morgan fingerprint density at radius 1 is 1.27 bits per heavy atom. The summed E-state index contributed by atoms with van der Waals surface area (Å²) in [5, 5.41) is 3.52. The molecular formula is C22H29NO6S. The zero-order valence-electron chi connectivity index (χ0n) is 17.8. The first kappa shape index (κ1) is 23.7. The highest BCUT2D eigenvalue weighted by Gasteiger charge is 2.36. The molecule has 1 amide bonds. The summed E-state index contributed by atoms with van der Waals surface area (Å²) in [4.78, 5) is 23.4. The molecule has 1 aliphatic heterocycles. The summed E-state index contributed by atoms with van der Waals surface area (Å²) in [6, 6.07) is 7.56. The van der Waals surface area contributed by atoms with Crippen molar-refractivity contribution in [3.05, 3.63) is 53.1 Å². The molecule has 0 aliphatic carbocycles. The lowest BCUT2D eigenvalue weighted by molar-refractivity contribution is -0.127. The van der Waals surface area contributed by atoms with E-state index in [9.17, 15) is 18.0 Å². The van der Waals surface area contributed by atoms with E-state index < -0.39 is 21.3 Å². The number of ketones is 1. The quantitative estimate of drug-likeness (QED) is 0.567. The highest BCUT2D eigenvalue weighted by molar-refractivity contribution is 7.93. The molecular weight excluding hydrogens is 406 g/mol. The third-order valence-corrected chi connectivity index (χ3v) is 5.28. The van der Waals surface area contributed by atoms with Crippen LogP contribution in [0.3, 0.4) is 0 Å². The van der Waals surface area contributed by atoms with Gasteiger partial charge < -0.3 is 14.8 Å². The van der Waals surface area contributed by atoms with E-state index in [0.29, 0.717) is 25.3 Å². The molecule has 1 atom stereocenters. The van der Waals surface area contributed by atoms with Crippen LogP contribution < -0.4 is 10.1 Å². The minimum atomic E-state index is -3.31. The van der Waals surface area contributed by atoms with E-state index in [2.05, 4.69) is 5.32 Å². The summed E-state index contributed by atoms with van der Waals surface area (Å²) in [7, 11) is -3.31. The first-order valence-electron chi connectivity index (χ1n) is 9.79. The maximum absolute atomic E-state index is 11.8. The second kappa shape index (κ2) is 9.93. The van der Waals surface area contributed by atoms with Crippen LogP contribution in [-0.2, 0) is 30.6 Å². The molecule has 1 aliphatic rings. The number of hydrogen-bond donors (Lipinski definition) is 1. The zero-order valence-corrected chi connectivity index (χ0v) is 18.6. The number of benzene rings is 1. The van der Waals surface area contributed by atoms with Gasteiger partial charge in [0, 0.05) is 36.3 Å². The number of rotatable bonds is 10. The van der Waals surface area contributed by atoms with Gasteiger partial charge in [0.25, 0.3) is 0 Å². The Morgan fingerprint density at radius 3 is 2.50 bits per heavy atom. The Hall–Kier alpha value is -2.61. The maximum atomic E-state index is 11.8. The summed E-state index contributed by atoms with van der Waals surface area (Å²) in [5.41, 5.74) is 0.248. The Kier molecular flexibility index (Phi) is 7.83. The maximum Gasteiger partial charge on any atom is 0.244 e. The molecule has 1 heterocycles. The molecule has 0 saturated carbocycles. The lowest BCUT2D eigenvalue weighted by Gasteiger charge is -2.21. The molecule has 0 radical (unpaired) electrons. The normalized spacial score (nSPS) is 16.8. The molecule has 1 aromatic rings. The van der Waals surface area contributed by atoms with E-state index in [1.165, 1.54) is 0 Å². The van der Waals surface area contributed by atoms with Crippen LogP contribution in [-0.4, -0.2) is 45.1 Å². The zero-order chi connectivity index (χ0) is 22.4. The van der Waals surface area contributed by atoms with Gasteiger partial charge in [-0.3, -0.25) is 9.59 Å². The van der Waals surface area contributed by atoms with Crippen molar-refractivity contribution in [2.24, 2.45) is 5.92 Å². The minimum absolute atomic E-state index is 0.0107. The molecule has 1 aromatic carbocycles. The largest absolute Gasteiger partial charge is 0.494 e. The van der Waals surface area contributed by atoms with E-state index in [1.807, 2.05) is 31.2 Å². The molecule has 1 N–H and O–H groups in total. The molecule has 0 fully saturated rings. The lowest BCUT2D eigenvalue weighted by Crippen LogP contribution is -2.28. The predicted molar refractivity (Wildman–Crippen MR) is 115 cm³/mol. The molecule has 8 heteroatoms. The van der Waals surface area contributed by atoms with Crippen LogP contribution >= 0.6 is 0 Å². The Balaban J connectivity index is 1.71. The Labute approximate surface area is 178 Å². The summed E-state index contributed by atoms with van der Waals surface area (Å²) in [6.45, 7) is 6.43. The fraction of sp³-hybridized carbons (Fsp3) is 0.455. The second-order valence-corrected chi connectivity index (χ2v) is 9.81. The van der Waals surface area contributed by atoms with Crippen LogP contribution in [0.1, 0.15) is 32.8 Å². The van der Waals surface area contributed by atoms with Gasteiger partial charge in [0.1, 0.15) is 11.5 Å². The summed E-state index contributed by atoms with van der Waals surface area (Å²) in [5.74, 6) is 1.08. The number of nitrogens with one attached hydrogen (secondary N) is 1. The van der Waals surface area contributed by atoms with Crippen LogP contribution in [0.15, 0.2) is 47.6 Å². The number of carbonyl (C=O) groups excluding carboxylic acids is 2. The van der Waals surface area contributed by atoms with Crippen molar-refractivity contribution < 1.29 is 27.5 Å². The van der Waals surface area contributed by atoms with Crippen LogP contribution in [0.25, 0.3) is 0 Å². The van der Waals surface area contributed by atoms with Gasteiger partial charge in [-0.2, -0.15) is 0 Å². The average molecular weight is 436 g/mol. The van der Waals surface area contributed by atoms with Crippen molar-refractivity contribution in [3.8, 4) is 5.75 Å². The van der Waals surface area contributed by atoms with Crippen molar-refractivity contribution in [2.45, 2.75) is 39.2 Å². The van der Waals surface area contributed by atoms with Crippen LogP contribution in [0.2, 0.25) is 0 Å². The fourth-order valence-electron chi connectivity index (χ4n) is 2.74. The van der Waals surface area contributed by atoms with Gasteiger partial charge in [0.2, 0.25) is 11.7 Å². The van der Waals surface area contributed by atoms with Crippen LogP contribution in [0, 0.1) is 5.92 Å². The minimum Gasteiger partial charge on any atom is -0.494 e. The molecule has 7 nitrogen and oxygen atoms in total. The molecule has 164 valence electrons. The van der Waals surface area contributed by atoms with Gasteiger partial charge in [-0.05, 0) is 44.4 Å². The van der Waals surface area contributed by atoms with Crippen molar-refractivity contribution in [1.82, 2.24) is 5.32 Å². The molecule has 0 unspecified atom stereocenters. The molecule has 0 saturated heterocycles. The highest BCUT2D eigenvalue weighted by atomic mass is 32.2. The first-order valence-corrected chi connectivity index (χ1v) is 11.7. The van der Waals surface area contributed by atoms with Crippen molar-refractivity contribution in [1.29, 1.82) is 0 Å². The number of amides is 1. The van der Waals surface area contributed by atoms with Gasteiger partial charge in [-0.25, -0.2) is 8.42 Å². The summed E-state index contributed by atoms with van der Waals surface area (Å²) < 4.78 is 33.5. The Bertz CT molecular complexity index is 929. The third kappa shape index (κ3) is 7.67. The number of sulfone groups is 1.